The summed E-state index contributed by atoms with van der Waals surface area (Å²) in [6.07, 6.45) is 2.84. The SMILES string of the molecule is O=CN(C1CC1)C1(C(=O)O)CCc2c(F)cccc21. The molecule has 1 aromatic rings. The molecule has 0 bridgehead atoms. The van der Waals surface area contributed by atoms with Crippen LogP contribution in [0.3, 0.4) is 0 Å². The molecule has 0 radical (unpaired) electrons. The summed E-state index contributed by atoms with van der Waals surface area (Å²) in [5.41, 5.74) is -0.531. The fraction of sp³-hybridized carbons (Fsp3) is 0.429. The van der Waals surface area contributed by atoms with E-state index in [-0.39, 0.29) is 18.3 Å². The molecule has 1 aromatic carbocycles. The Morgan fingerprint density at radius 3 is 2.79 bits per heavy atom. The van der Waals surface area contributed by atoms with Crippen LogP contribution in [0, 0.1) is 5.82 Å². The van der Waals surface area contributed by atoms with Crippen molar-refractivity contribution >= 4 is 12.4 Å². The number of amides is 1. The van der Waals surface area contributed by atoms with Crippen LogP contribution in [0.15, 0.2) is 18.2 Å². The van der Waals surface area contributed by atoms with E-state index >= 15 is 0 Å². The Balaban J connectivity index is 2.17. The first-order valence-electron chi connectivity index (χ1n) is 6.36. The maximum absolute atomic E-state index is 13.8. The molecule has 1 saturated carbocycles. The summed E-state index contributed by atoms with van der Waals surface area (Å²) < 4.78 is 13.8. The molecule has 0 aliphatic heterocycles. The van der Waals surface area contributed by atoms with Crippen LogP contribution in [0.2, 0.25) is 0 Å². The fourth-order valence-electron chi connectivity index (χ4n) is 3.08. The molecule has 100 valence electrons. The van der Waals surface area contributed by atoms with Crippen molar-refractivity contribution in [1.82, 2.24) is 4.90 Å². The minimum Gasteiger partial charge on any atom is -0.479 e. The number of aliphatic carboxylic acids is 1. The average Bonchev–Trinajstić information content (AvgIpc) is 3.12. The zero-order valence-corrected chi connectivity index (χ0v) is 10.3. The predicted molar refractivity (Wildman–Crippen MR) is 65.0 cm³/mol. The standard InChI is InChI=1S/C14H14FNO3/c15-12-3-1-2-11-10(12)6-7-14(11,13(18)19)16(8-17)9-4-5-9/h1-3,8-9H,4-7H2,(H,18,19). The Labute approximate surface area is 109 Å². The van der Waals surface area contributed by atoms with E-state index in [0.29, 0.717) is 24.0 Å². The fourth-order valence-corrected chi connectivity index (χ4v) is 3.08. The van der Waals surface area contributed by atoms with Crippen LogP contribution >= 0.6 is 0 Å². The third-order valence-corrected chi connectivity index (χ3v) is 4.15. The molecular weight excluding hydrogens is 249 g/mol. The normalized spacial score (nSPS) is 24.9. The lowest BCUT2D eigenvalue weighted by Gasteiger charge is -2.36. The number of fused-ring (bicyclic) bond motifs is 1. The quantitative estimate of drug-likeness (QED) is 0.841. The molecular formula is C14H14FNO3. The Morgan fingerprint density at radius 2 is 2.21 bits per heavy atom. The predicted octanol–water partition coefficient (Wildman–Crippen LogP) is 1.67. The van der Waals surface area contributed by atoms with Crippen LogP contribution in [0.5, 0.6) is 0 Å². The number of carboxylic acid groups (broad SMARTS) is 1. The van der Waals surface area contributed by atoms with E-state index in [4.69, 9.17) is 0 Å². The number of nitrogens with zero attached hydrogens (tertiary/aromatic N) is 1. The summed E-state index contributed by atoms with van der Waals surface area (Å²) in [4.78, 5) is 24.5. The van der Waals surface area contributed by atoms with Gasteiger partial charge in [0, 0.05) is 6.04 Å². The van der Waals surface area contributed by atoms with Gasteiger partial charge in [0.25, 0.3) is 0 Å². The Bertz CT molecular complexity index is 556. The molecule has 1 N–H and O–H groups in total. The molecule has 19 heavy (non-hydrogen) atoms. The highest BCUT2D eigenvalue weighted by atomic mass is 19.1. The average molecular weight is 263 g/mol. The summed E-state index contributed by atoms with van der Waals surface area (Å²) in [6, 6.07) is 4.44. The van der Waals surface area contributed by atoms with E-state index < -0.39 is 11.5 Å². The van der Waals surface area contributed by atoms with Crippen molar-refractivity contribution in [1.29, 1.82) is 0 Å². The number of hydrogen-bond donors (Lipinski definition) is 1. The smallest absolute Gasteiger partial charge is 0.334 e. The second-order valence-corrected chi connectivity index (χ2v) is 5.18. The van der Waals surface area contributed by atoms with Crippen molar-refractivity contribution < 1.29 is 19.1 Å². The lowest BCUT2D eigenvalue weighted by atomic mass is 9.89. The van der Waals surface area contributed by atoms with Gasteiger partial charge in [-0.05, 0) is 42.9 Å². The summed E-state index contributed by atoms with van der Waals surface area (Å²) in [6.45, 7) is 0. The Hall–Kier alpha value is -1.91. The van der Waals surface area contributed by atoms with Crippen molar-refractivity contribution in [3.8, 4) is 0 Å². The zero-order valence-electron chi connectivity index (χ0n) is 10.3. The topological polar surface area (TPSA) is 57.6 Å². The highest BCUT2D eigenvalue weighted by Gasteiger charge is 2.54. The zero-order chi connectivity index (χ0) is 13.6. The van der Waals surface area contributed by atoms with Crippen molar-refractivity contribution in [3.05, 3.63) is 35.1 Å². The molecule has 0 heterocycles. The van der Waals surface area contributed by atoms with Gasteiger partial charge < -0.3 is 10.0 Å². The Morgan fingerprint density at radius 1 is 1.47 bits per heavy atom. The van der Waals surface area contributed by atoms with Crippen molar-refractivity contribution in [2.24, 2.45) is 0 Å². The molecule has 0 aromatic heterocycles. The van der Waals surface area contributed by atoms with Crippen molar-refractivity contribution in [3.63, 3.8) is 0 Å². The van der Waals surface area contributed by atoms with E-state index in [0.717, 1.165) is 12.8 Å². The van der Waals surface area contributed by atoms with Crippen LogP contribution in [0.4, 0.5) is 4.39 Å². The number of carboxylic acids is 1. The lowest BCUT2D eigenvalue weighted by molar-refractivity contribution is -0.156. The molecule has 2 aliphatic carbocycles. The molecule has 5 heteroatoms. The number of halogens is 1. The van der Waals surface area contributed by atoms with Gasteiger partial charge in [0.15, 0.2) is 5.54 Å². The molecule has 1 amide bonds. The molecule has 0 saturated heterocycles. The molecule has 1 atom stereocenters. The second-order valence-electron chi connectivity index (χ2n) is 5.18. The van der Waals surface area contributed by atoms with Gasteiger partial charge in [0.1, 0.15) is 5.82 Å². The van der Waals surface area contributed by atoms with Crippen LogP contribution in [-0.4, -0.2) is 28.4 Å². The van der Waals surface area contributed by atoms with Gasteiger partial charge in [0.05, 0.1) is 0 Å². The summed E-state index contributed by atoms with van der Waals surface area (Å²) in [7, 11) is 0. The van der Waals surface area contributed by atoms with E-state index in [1.165, 1.54) is 17.0 Å². The van der Waals surface area contributed by atoms with Gasteiger partial charge in [-0.2, -0.15) is 0 Å². The number of benzene rings is 1. The van der Waals surface area contributed by atoms with Gasteiger partial charge in [-0.15, -0.1) is 0 Å². The molecule has 3 rings (SSSR count). The highest BCUT2D eigenvalue weighted by molar-refractivity contribution is 5.85. The monoisotopic (exact) mass is 263 g/mol. The molecule has 2 aliphatic rings. The third kappa shape index (κ3) is 1.57. The van der Waals surface area contributed by atoms with Gasteiger partial charge in [0.2, 0.25) is 6.41 Å². The molecule has 0 spiro atoms. The van der Waals surface area contributed by atoms with Gasteiger partial charge in [-0.25, -0.2) is 9.18 Å². The van der Waals surface area contributed by atoms with Crippen LogP contribution in [-0.2, 0) is 21.5 Å². The summed E-state index contributed by atoms with van der Waals surface area (Å²) in [5.74, 6) is -1.46. The van der Waals surface area contributed by atoms with Gasteiger partial charge in [-0.3, -0.25) is 4.79 Å². The largest absolute Gasteiger partial charge is 0.479 e. The summed E-state index contributed by atoms with van der Waals surface area (Å²) >= 11 is 0. The number of carbonyl (C=O) groups excluding carboxylic acids is 1. The van der Waals surface area contributed by atoms with Gasteiger partial charge >= 0.3 is 5.97 Å². The minimum atomic E-state index is -1.39. The minimum absolute atomic E-state index is 0.0252. The molecule has 1 unspecified atom stereocenters. The first kappa shape index (κ1) is 12.1. The molecule has 4 nitrogen and oxygen atoms in total. The third-order valence-electron chi connectivity index (χ3n) is 4.15. The first-order chi connectivity index (χ1) is 9.11. The number of rotatable bonds is 4. The van der Waals surface area contributed by atoms with Gasteiger partial charge in [-0.1, -0.05) is 12.1 Å². The van der Waals surface area contributed by atoms with Crippen molar-refractivity contribution in [2.75, 3.05) is 0 Å². The maximum Gasteiger partial charge on any atom is 0.334 e. The molecule has 1 fully saturated rings. The first-order valence-corrected chi connectivity index (χ1v) is 6.36. The number of carbonyl (C=O) groups is 2. The second kappa shape index (κ2) is 4.05. The number of hydrogen-bond acceptors (Lipinski definition) is 2. The van der Waals surface area contributed by atoms with Crippen LogP contribution in [0.25, 0.3) is 0 Å². The van der Waals surface area contributed by atoms with E-state index in [2.05, 4.69) is 0 Å². The van der Waals surface area contributed by atoms with E-state index in [1.54, 1.807) is 6.07 Å². The maximum atomic E-state index is 13.8. The van der Waals surface area contributed by atoms with Crippen LogP contribution in [0.1, 0.15) is 30.4 Å². The van der Waals surface area contributed by atoms with E-state index in [9.17, 15) is 19.1 Å². The van der Waals surface area contributed by atoms with Crippen molar-refractivity contribution in [2.45, 2.75) is 37.3 Å². The van der Waals surface area contributed by atoms with Crippen LogP contribution < -0.4 is 0 Å². The van der Waals surface area contributed by atoms with E-state index in [1.807, 2.05) is 0 Å². The Kier molecular flexibility index (Phi) is 2.59. The summed E-state index contributed by atoms with van der Waals surface area (Å²) in [5, 5.41) is 9.66. The highest BCUT2D eigenvalue weighted by Crippen LogP contribution is 2.46. The lowest BCUT2D eigenvalue weighted by Crippen LogP contribution is -2.51.